The largest absolute Gasteiger partial charge is 0.506 e. The third-order valence-corrected chi connectivity index (χ3v) is 2.21. The van der Waals surface area contributed by atoms with E-state index in [0.29, 0.717) is 0 Å². The van der Waals surface area contributed by atoms with Crippen LogP contribution in [-0.2, 0) is 6.54 Å². The summed E-state index contributed by atoms with van der Waals surface area (Å²) in [5.74, 6) is -0.305. The number of nitrogens with zero attached hydrogens (tertiary/aromatic N) is 1. The van der Waals surface area contributed by atoms with Crippen LogP contribution >= 0.6 is 15.9 Å². The third-order valence-electron chi connectivity index (χ3n) is 1.58. The van der Waals surface area contributed by atoms with Crippen molar-refractivity contribution < 1.29 is 13.9 Å². The number of alkyl halides is 2. The molecule has 0 radical (unpaired) electrons. The van der Waals surface area contributed by atoms with Gasteiger partial charge in [-0.3, -0.25) is 0 Å². The maximum Gasteiger partial charge on any atom is 0.266 e. The number of pyridine rings is 1. The molecule has 1 rings (SSSR count). The molecule has 0 saturated carbocycles. The molecule has 0 spiro atoms. The standard InChI is InChI=1S/C7H7BrF2N2O/c8-6-5(7(9)10)3(1-11)4(13)2-12-6/h2,7,13H,1,11H2. The van der Waals surface area contributed by atoms with Gasteiger partial charge in [0, 0.05) is 12.1 Å². The second-order valence-electron chi connectivity index (χ2n) is 2.33. The van der Waals surface area contributed by atoms with Gasteiger partial charge in [0.25, 0.3) is 6.43 Å². The molecular weight excluding hydrogens is 246 g/mol. The molecule has 0 aliphatic rings. The van der Waals surface area contributed by atoms with Crippen molar-refractivity contribution in [1.29, 1.82) is 0 Å². The highest BCUT2D eigenvalue weighted by Crippen LogP contribution is 2.33. The van der Waals surface area contributed by atoms with Gasteiger partial charge < -0.3 is 10.8 Å². The Morgan fingerprint density at radius 1 is 1.62 bits per heavy atom. The normalized spacial score (nSPS) is 10.8. The van der Waals surface area contributed by atoms with Crippen molar-refractivity contribution >= 4 is 15.9 Å². The van der Waals surface area contributed by atoms with Gasteiger partial charge in [-0.05, 0) is 15.9 Å². The van der Waals surface area contributed by atoms with Crippen molar-refractivity contribution in [3.63, 3.8) is 0 Å². The van der Waals surface area contributed by atoms with Crippen molar-refractivity contribution in [2.75, 3.05) is 0 Å². The maximum absolute atomic E-state index is 12.4. The van der Waals surface area contributed by atoms with Gasteiger partial charge >= 0.3 is 0 Å². The molecule has 0 aliphatic heterocycles. The number of aromatic nitrogens is 1. The quantitative estimate of drug-likeness (QED) is 0.792. The molecule has 0 saturated heterocycles. The lowest BCUT2D eigenvalue weighted by Crippen LogP contribution is -2.04. The van der Waals surface area contributed by atoms with Gasteiger partial charge in [-0.15, -0.1) is 0 Å². The lowest BCUT2D eigenvalue weighted by molar-refractivity contribution is 0.148. The second kappa shape index (κ2) is 3.97. The monoisotopic (exact) mass is 252 g/mol. The van der Waals surface area contributed by atoms with Crippen LogP contribution in [0.25, 0.3) is 0 Å². The summed E-state index contributed by atoms with van der Waals surface area (Å²) in [7, 11) is 0. The summed E-state index contributed by atoms with van der Waals surface area (Å²) in [5.41, 5.74) is 4.90. The van der Waals surface area contributed by atoms with Crippen LogP contribution in [0.15, 0.2) is 10.8 Å². The molecule has 0 amide bonds. The minimum Gasteiger partial charge on any atom is -0.506 e. The van der Waals surface area contributed by atoms with Crippen LogP contribution < -0.4 is 5.73 Å². The van der Waals surface area contributed by atoms with E-state index in [1.165, 1.54) is 0 Å². The summed E-state index contributed by atoms with van der Waals surface area (Å²) in [6.45, 7) is -0.146. The number of nitrogens with two attached hydrogens (primary N) is 1. The van der Waals surface area contributed by atoms with Crippen molar-refractivity contribution in [1.82, 2.24) is 4.98 Å². The van der Waals surface area contributed by atoms with Gasteiger partial charge in [0.2, 0.25) is 0 Å². The highest BCUT2D eigenvalue weighted by Gasteiger charge is 2.19. The van der Waals surface area contributed by atoms with Crippen LogP contribution in [0.4, 0.5) is 8.78 Å². The van der Waals surface area contributed by atoms with Crippen molar-refractivity contribution in [3.8, 4) is 5.75 Å². The second-order valence-corrected chi connectivity index (χ2v) is 3.08. The fourth-order valence-electron chi connectivity index (χ4n) is 0.964. The van der Waals surface area contributed by atoms with E-state index in [1.54, 1.807) is 0 Å². The van der Waals surface area contributed by atoms with Crippen LogP contribution in [-0.4, -0.2) is 10.1 Å². The molecule has 6 heteroatoms. The molecule has 1 heterocycles. The van der Waals surface area contributed by atoms with Crippen molar-refractivity contribution in [2.24, 2.45) is 5.73 Å². The van der Waals surface area contributed by atoms with Crippen LogP contribution in [0.1, 0.15) is 17.6 Å². The predicted molar refractivity (Wildman–Crippen MR) is 46.5 cm³/mol. The Hall–Kier alpha value is -0.750. The fraction of sp³-hybridized carbons (Fsp3) is 0.286. The van der Waals surface area contributed by atoms with E-state index >= 15 is 0 Å². The minimum atomic E-state index is -2.70. The SMILES string of the molecule is NCc1c(O)cnc(Br)c1C(F)F. The first kappa shape index (κ1) is 10.3. The zero-order valence-corrected chi connectivity index (χ0v) is 8.05. The van der Waals surface area contributed by atoms with E-state index in [0.717, 1.165) is 6.20 Å². The Kier molecular flexibility index (Phi) is 3.16. The molecule has 0 fully saturated rings. The molecule has 13 heavy (non-hydrogen) atoms. The molecule has 0 aromatic carbocycles. The molecule has 72 valence electrons. The molecular formula is C7H7BrF2N2O. The Morgan fingerprint density at radius 2 is 2.23 bits per heavy atom. The number of halogens is 3. The lowest BCUT2D eigenvalue weighted by Gasteiger charge is -2.09. The number of hydrogen-bond acceptors (Lipinski definition) is 3. The Morgan fingerprint density at radius 3 is 2.62 bits per heavy atom. The molecule has 0 unspecified atom stereocenters. The maximum atomic E-state index is 12.4. The fourth-order valence-corrected chi connectivity index (χ4v) is 1.48. The molecule has 0 atom stereocenters. The number of rotatable bonds is 2. The molecule has 3 N–H and O–H groups in total. The van der Waals surface area contributed by atoms with Gasteiger partial charge in [-0.25, -0.2) is 13.8 Å². The predicted octanol–water partition coefficient (Wildman–Crippen LogP) is 1.95. The summed E-state index contributed by atoms with van der Waals surface area (Å²) >= 11 is 2.86. The van der Waals surface area contributed by atoms with E-state index in [2.05, 4.69) is 20.9 Å². The molecule has 0 aliphatic carbocycles. The van der Waals surface area contributed by atoms with E-state index in [-0.39, 0.29) is 28.0 Å². The van der Waals surface area contributed by atoms with Gasteiger partial charge in [0.1, 0.15) is 10.4 Å². The molecule has 0 bridgehead atoms. The summed E-state index contributed by atoms with van der Waals surface area (Å²) in [4.78, 5) is 3.54. The highest BCUT2D eigenvalue weighted by molar-refractivity contribution is 9.10. The van der Waals surface area contributed by atoms with Crippen LogP contribution in [0.5, 0.6) is 5.75 Å². The van der Waals surface area contributed by atoms with Gasteiger partial charge in [-0.1, -0.05) is 0 Å². The minimum absolute atomic E-state index is 0.0146. The first-order chi connectivity index (χ1) is 6.07. The highest BCUT2D eigenvalue weighted by atomic mass is 79.9. The Bertz CT molecular complexity index is 320. The van der Waals surface area contributed by atoms with Gasteiger partial charge in [0.05, 0.1) is 11.8 Å². The average Bonchev–Trinajstić information content (AvgIpc) is 2.07. The van der Waals surface area contributed by atoms with Crippen molar-refractivity contribution in [2.45, 2.75) is 13.0 Å². The summed E-state index contributed by atoms with van der Waals surface area (Å²) in [6, 6.07) is 0. The topological polar surface area (TPSA) is 59.1 Å². The third kappa shape index (κ3) is 1.94. The number of aromatic hydroxyl groups is 1. The van der Waals surface area contributed by atoms with E-state index < -0.39 is 6.43 Å². The summed E-state index contributed by atoms with van der Waals surface area (Å²) in [6.07, 6.45) is -1.62. The molecule has 1 aromatic heterocycles. The van der Waals surface area contributed by atoms with E-state index in [4.69, 9.17) is 10.8 Å². The van der Waals surface area contributed by atoms with Gasteiger partial charge in [0.15, 0.2) is 0 Å². The zero-order valence-electron chi connectivity index (χ0n) is 6.47. The molecule has 3 nitrogen and oxygen atoms in total. The Labute approximate surface area is 81.7 Å². The van der Waals surface area contributed by atoms with Crippen LogP contribution in [0, 0.1) is 0 Å². The van der Waals surface area contributed by atoms with Crippen LogP contribution in [0.2, 0.25) is 0 Å². The zero-order chi connectivity index (χ0) is 10.0. The lowest BCUT2D eigenvalue weighted by atomic mass is 10.1. The van der Waals surface area contributed by atoms with Crippen LogP contribution in [0.3, 0.4) is 0 Å². The first-order valence-corrected chi connectivity index (χ1v) is 4.21. The summed E-state index contributed by atoms with van der Waals surface area (Å²) < 4.78 is 24.9. The average molecular weight is 253 g/mol. The van der Waals surface area contributed by atoms with E-state index in [1.807, 2.05) is 0 Å². The number of hydrogen-bond donors (Lipinski definition) is 2. The Balaban J connectivity index is 3.35. The summed E-state index contributed by atoms with van der Waals surface area (Å²) in [5, 5.41) is 9.17. The first-order valence-electron chi connectivity index (χ1n) is 3.42. The van der Waals surface area contributed by atoms with Crippen molar-refractivity contribution in [3.05, 3.63) is 21.9 Å². The molecule has 1 aromatic rings. The van der Waals surface area contributed by atoms with E-state index in [9.17, 15) is 8.78 Å². The van der Waals surface area contributed by atoms with Gasteiger partial charge in [-0.2, -0.15) is 0 Å². The smallest absolute Gasteiger partial charge is 0.266 e.